The van der Waals surface area contributed by atoms with Crippen molar-refractivity contribution < 1.29 is 13.2 Å². The van der Waals surface area contributed by atoms with E-state index < -0.39 is 11.7 Å². The molecule has 0 aliphatic heterocycles. The number of halogens is 4. The highest BCUT2D eigenvalue weighted by atomic mass is 127. The van der Waals surface area contributed by atoms with Crippen LogP contribution < -0.4 is 10.6 Å². The summed E-state index contributed by atoms with van der Waals surface area (Å²) in [5.74, 6) is 1.18. The van der Waals surface area contributed by atoms with Crippen LogP contribution in [0.25, 0.3) is 0 Å². The van der Waals surface area contributed by atoms with E-state index in [-0.39, 0.29) is 30.5 Å². The first-order valence-electron chi connectivity index (χ1n) is 6.83. The van der Waals surface area contributed by atoms with Crippen molar-refractivity contribution in [2.75, 3.05) is 7.05 Å². The van der Waals surface area contributed by atoms with Crippen LogP contribution in [-0.4, -0.2) is 27.8 Å². The van der Waals surface area contributed by atoms with E-state index in [9.17, 15) is 13.2 Å². The summed E-state index contributed by atoms with van der Waals surface area (Å²) < 4.78 is 39.8. The summed E-state index contributed by atoms with van der Waals surface area (Å²) >= 11 is 0. The molecule has 24 heavy (non-hydrogen) atoms. The molecule has 0 bridgehead atoms. The van der Waals surface area contributed by atoms with Gasteiger partial charge in [0, 0.05) is 20.6 Å². The average molecular weight is 454 g/mol. The van der Waals surface area contributed by atoms with E-state index >= 15 is 0 Å². The lowest BCUT2D eigenvalue weighted by Crippen LogP contribution is -2.36. The quantitative estimate of drug-likeness (QED) is 0.423. The molecule has 0 fully saturated rings. The number of aryl methyl sites for hydroxylation is 1. The molecule has 0 unspecified atom stereocenters. The average Bonchev–Trinajstić information content (AvgIpc) is 2.92. The zero-order valence-electron chi connectivity index (χ0n) is 13.1. The standard InChI is InChI=1S/C14H17F3N6.HI/c1-18-13(20-8-12-22-21-9-23(12)2)19-7-10-4-3-5-11(6-10)14(15,16)17;/h3-6,9H,7-8H2,1-2H3,(H2,18,19,20);1H. The lowest BCUT2D eigenvalue weighted by atomic mass is 10.1. The summed E-state index contributed by atoms with van der Waals surface area (Å²) in [6.07, 6.45) is -2.77. The molecule has 0 atom stereocenters. The maximum absolute atomic E-state index is 12.7. The predicted octanol–water partition coefficient (Wildman–Crippen LogP) is 2.32. The molecule has 0 aliphatic carbocycles. The normalized spacial score (nSPS) is 11.8. The number of guanidine groups is 1. The van der Waals surface area contributed by atoms with E-state index in [1.54, 1.807) is 24.0 Å². The first-order chi connectivity index (χ1) is 10.9. The smallest absolute Gasteiger partial charge is 0.352 e. The summed E-state index contributed by atoms with van der Waals surface area (Å²) in [6.45, 7) is 0.626. The topological polar surface area (TPSA) is 67.1 Å². The molecule has 0 saturated heterocycles. The largest absolute Gasteiger partial charge is 0.416 e. The third kappa shape index (κ3) is 5.65. The van der Waals surface area contributed by atoms with Crippen molar-refractivity contribution in [1.29, 1.82) is 0 Å². The number of aromatic nitrogens is 3. The Morgan fingerprint density at radius 3 is 2.54 bits per heavy atom. The van der Waals surface area contributed by atoms with E-state index in [1.165, 1.54) is 6.07 Å². The van der Waals surface area contributed by atoms with Gasteiger partial charge in [0.05, 0.1) is 12.1 Å². The predicted molar refractivity (Wildman–Crippen MR) is 94.9 cm³/mol. The van der Waals surface area contributed by atoms with Crippen molar-refractivity contribution in [3.8, 4) is 0 Å². The molecule has 10 heteroatoms. The number of alkyl halides is 3. The van der Waals surface area contributed by atoms with Gasteiger partial charge in [-0.1, -0.05) is 12.1 Å². The van der Waals surface area contributed by atoms with Gasteiger partial charge >= 0.3 is 6.18 Å². The van der Waals surface area contributed by atoms with Crippen molar-refractivity contribution >= 4 is 29.9 Å². The maximum atomic E-state index is 12.7. The fourth-order valence-corrected chi connectivity index (χ4v) is 1.89. The van der Waals surface area contributed by atoms with Crippen LogP contribution in [0.5, 0.6) is 0 Å². The summed E-state index contributed by atoms with van der Waals surface area (Å²) in [7, 11) is 3.40. The maximum Gasteiger partial charge on any atom is 0.416 e. The fraction of sp³-hybridized carbons (Fsp3) is 0.357. The Morgan fingerprint density at radius 1 is 1.25 bits per heavy atom. The molecule has 2 rings (SSSR count). The van der Waals surface area contributed by atoms with E-state index in [4.69, 9.17) is 0 Å². The second-order valence-corrected chi connectivity index (χ2v) is 4.84. The number of aliphatic imine (C=N–C) groups is 1. The molecule has 132 valence electrons. The van der Waals surface area contributed by atoms with Crippen molar-refractivity contribution in [1.82, 2.24) is 25.4 Å². The number of nitrogens with one attached hydrogen (secondary N) is 2. The van der Waals surface area contributed by atoms with E-state index in [1.807, 2.05) is 7.05 Å². The van der Waals surface area contributed by atoms with Crippen molar-refractivity contribution in [3.05, 3.63) is 47.5 Å². The monoisotopic (exact) mass is 454 g/mol. The third-order valence-corrected chi connectivity index (χ3v) is 3.16. The molecule has 0 aliphatic rings. The molecule has 0 radical (unpaired) electrons. The van der Waals surface area contributed by atoms with Gasteiger partial charge in [-0.25, -0.2) is 0 Å². The van der Waals surface area contributed by atoms with Gasteiger partial charge in [-0.3, -0.25) is 4.99 Å². The molecule has 2 N–H and O–H groups in total. The molecular formula is C14H18F3IN6. The summed E-state index contributed by atoms with van der Waals surface area (Å²) in [5.41, 5.74) is -0.153. The number of benzene rings is 1. The second kappa shape index (κ2) is 8.85. The van der Waals surface area contributed by atoms with Gasteiger partial charge < -0.3 is 15.2 Å². The Morgan fingerprint density at radius 2 is 1.96 bits per heavy atom. The van der Waals surface area contributed by atoms with Gasteiger partial charge in [-0.05, 0) is 17.7 Å². The molecule has 2 aromatic rings. The Balaban J connectivity index is 0.00000288. The molecule has 1 heterocycles. The van der Waals surface area contributed by atoms with E-state index in [0.29, 0.717) is 23.9 Å². The molecular weight excluding hydrogens is 436 g/mol. The molecule has 0 amide bonds. The highest BCUT2D eigenvalue weighted by Crippen LogP contribution is 2.29. The number of nitrogens with zero attached hydrogens (tertiary/aromatic N) is 4. The van der Waals surface area contributed by atoms with Crippen molar-refractivity contribution in [2.24, 2.45) is 12.0 Å². The van der Waals surface area contributed by atoms with Crippen LogP contribution in [0, 0.1) is 0 Å². The Hall–Kier alpha value is -1.85. The van der Waals surface area contributed by atoms with Crippen molar-refractivity contribution in [2.45, 2.75) is 19.3 Å². The zero-order chi connectivity index (χ0) is 16.9. The van der Waals surface area contributed by atoms with Crippen LogP contribution in [0.4, 0.5) is 13.2 Å². The SMILES string of the molecule is CN=C(NCc1cccc(C(F)(F)F)c1)NCc1nncn1C.I. The van der Waals surface area contributed by atoms with E-state index in [2.05, 4.69) is 25.8 Å². The van der Waals surface area contributed by atoms with Gasteiger partial charge in [0.25, 0.3) is 0 Å². The molecule has 0 saturated carbocycles. The lowest BCUT2D eigenvalue weighted by Gasteiger charge is -2.13. The van der Waals surface area contributed by atoms with Gasteiger partial charge in [0.15, 0.2) is 11.8 Å². The molecule has 1 aromatic carbocycles. The van der Waals surface area contributed by atoms with Crippen LogP contribution >= 0.6 is 24.0 Å². The minimum Gasteiger partial charge on any atom is -0.352 e. The zero-order valence-corrected chi connectivity index (χ0v) is 15.5. The summed E-state index contributed by atoms with van der Waals surface area (Å²) in [6, 6.07) is 5.17. The van der Waals surface area contributed by atoms with Gasteiger partial charge in [0.2, 0.25) is 0 Å². The molecule has 0 spiro atoms. The van der Waals surface area contributed by atoms with Crippen molar-refractivity contribution in [3.63, 3.8) is 0 Å². The van der Waals surface area contributed by atoms with Crippen LogP contribution in [0.2, 0.25) is 0 Å². The number of hydrogen-bond acceptors (Lipinski definition) is 3. The van der Waals surface area contributed by atoms with Gasteiger partial charge in [0.1, 0.15) is 6.33 Å². The number of hydrogen-bond donors (Lipinski definition) is 2. The fourth-order valence-electron chi connectivity index (χ4n) is 1.89. The Labute approximate surface area is 154 Å². The van der Waals surface area contributed by atoms with Crippen LogP contribution in [0.15, 0.2) is 35.6 Å². The van der Waals surface area contributed by atoms with Crippen LogP contribution in [-0.2, 0) is 26.3 Å². The minimum absolute atomic E-state index is 0. The first kappa shape index (κ1) is 20.2. The first-order valence-corrected chi connectivity index (χ1v) is 6.83. The Bertz CT molecular complexity index is 683. The number of rotatable bonds is 4. The third-order valence-electron chi connectivity index (χ3n) is 3.16. The summed E-state index contributed by atoms with van der Waals surface area (Å²) in [4.78, 5) is 4.02. The second-order valence-electron chi connectivity index (χ2n) is 4.84. The van der Waals surface area contributed by atoms with Crippen LogP contribution in [0.3, 0.4) is 0 Å². The minimum atomic E-state index is -4.35. The summed E-state index contributed by atoms with van der Waals surface area (Å²) in [5, 5.41) is 13.7. The highest BCUT2D eigenvalue weighted by molar-refractivity contribution is 14.0. The van der Waals surface area contributed by atoms with E-state index in [0.717, 1.165) is 12.1 Å². The van der Waals surface area contributed by atoms with Gasteiger partial charge in [-0.2, -0.15) is 13.2 Å². The molecule has 6 nitrogen and oxygen atoms in total. The Kier molecular flexibility index (Phi) is 7.45. The van der Waals surface area contributed by atoms with Gasteiger partial charge in [-0.15, -0.1) is 34.2 Å². The highest BCUT2D eigenvalue weighted by Gasteiger charge is 2.30. The lowest BCUT2D eigenvalue weighted by molar-refractivity contribution is -0.137. The molecule has 1 aromatic heterocycles. The van der Waals surface area contributed by atoms with Crippen LogP contribution in [0.1, 0.15) is 17.0 Å².